The summed E-state index contributed by atoms with van der Waals surface area (Å²) in [7, 11) is -1.36. The average Bonchev–Trinajstić information content (AvgIpc) is 2.24. The van der Waals surface area contributed by atoms with Crippen LogP contribution in [0, 0.1) is 11.6 Å². The second-order valence-electron chi connectivity index (χ2n) is 6.95. The predicted octanol–water partition coefficient (Wildman–Crippen LogP) is 2.24. The quantitative estimate of drug-likeness (QED) is 0.363. The van der Waals surface area contributed by atoms with Crippen LogP contribution in [0.25, 0.3) is 0 Å². The lowest BCUT2D eigenvalue weighted by atomic mass is 10.2. The van der Waals surface area contributed by atoms with Gasteiger partial charge in [0.2, 0.25) is 0 Å². The first kappa shape index (κ1) is 18.9. The summed E-state index contributed by atoms with van der Waals surface area (Å²) in [6.07, 6.45) is 0. The minimum atomic E-state index is -1.36. The number of hydrogen-bond donors (Lipinski definition) is 0. The molecule has 1 rings (SSSR count). The van der Waals surface area contributed by atoms with Crippen LogP contribution in [0.4, 0.5) is 0 Å². The fraction of sp³-hybridized carbons (Fsp3) is 0.529. The van der Waals surface area contributed by atoms with Crippen LogP contribution >= 0.6 is 7.26 Å². The third-order valence-corrected chi connectivity index (χ3v) is 9.81. The summed E-state index contributed by atoms with van der Waals surface area (Å²) in [5.74, 6) is 3.40. The molecule has 0 aliphatic carbocycles. The molecule has 0 nitrogen and oxygen atoms in total. The van der Waals surface area contributed by atoms with E-state index < -0.39 is 7.26 Å². The van der Waals surface area contributed by atoms with Gasteiger partial charge in [-0.1, -0.05) is 18.2 Å². The molecule has 0 amide bonds. The van der Waals surface area contributed by atoms with Crippen LogP contribution in [0.1, 0.15) is 47.1 Å². The summed E-state index contributed by atoms with van der Waals surface area (Å²) >= 11 is 0. The minimum absolute atomic E-state index is 0. The summed E-state index contributed by atoms with van der Waals surface area (Å²) in [5.41, 5.74) is 4.78. The average molecular weight is 388 g/mol. The summed E-state index contributed by atoms with van der Waals surface area (Å²) in [4.78, 5) is 0. The highest BCUT2D eigenvalue weighted by atomic mass is 127. The molecule has 0 heterocycles. The van der Waals surface area contributed by atoms with Crippen LogP contribution in [0.15, 0.2) is 30.3 Å². The topological polar surface area (TPSA) is 0 Å². The molecule has 0 fully saturated rings. The fourth-order valence-corrected chi connectivity index (χ4v) is 5.08. The standard InChI is InChI=1S/C17H26P.HI/c1-16(2,3)18(7,17(4,5)6)14-13-15-11-9-8-10-12-15;/h8-12H,1-7H3;1H/q+1;/p-1. The van der Waals surface area contributed by atoms with E-state index in [1.165, 1.54) is 0 Å². The van der Waals surface area contributed by atoms with Gasteiger partial charge in [-0.05, 0) is 59.6 Å². The summed E-state index contributed by atoms with van der Waals surface area (Å²) in [6, 6.07) is 10.3. The van der Waals surface area contributed by atoms with Crippen LogP contribution in [0.3, 0.4) is 0 Å². The monoisotopic (exact) mass is 388 g/mol. The summed E-state index contributed by atoms with van der Waals surface area (Å²) < 4.78 is 0. The smallest absolute Gasteiger partial charge is 0.0997 e. The molecule has 0 spiro atoms. The second kappa shape index (κ2) is 6.59. The largest absolute Gasteiger partial charge is 1.00 e. The second-order valence-corrected chi connectivity index (χ2v) is 11.9. The van der Waals surface area contributed by atoms with Crippen LogP contribution in [-0.2, 0) is 0 Å². The molecular formula is C17H26IP. The zero-order valence-corrected chi connectivity index (χ0v) is 16.3. The van der Waals surface area contributed by atoms with Crippen LogP contribution < -0.4 is 24.0 Å². The summed E-state index contributed by atoms with van der Waals surface area (Å²) in [5, 5.41) is 0.514. The zero-order valence-electron chi connectivity index (χ0n) is 13.2. The van der Waals surface area contributed by atoms with Gasteiger partial charge in [-0.15, -0.1) is 0 Å². The zero-order chi connectivity index (χ0) is 14.0. The van der Waals surface area contributed by atoms with Crippen molar-refractivity contribution in [3.63, 3.8) is 0 Å². The van der Waals surface area contributed by atoms with Crippen molar-refractivity contribution in [2.45, 2.75) is 51.9 Å². The molecule has 0 atom stereocenters. The molecule has 0 radical (unpaired) electrons. The molecule has 0 saturated heterocycles. The van der Waals surface area contributed by atoms with E-state index in [9.17, 15) is 0 Å². The van der Waals surface area contributed by atoms with E-state index in [4.69, 9.17) is 0 Å². The molecule has 0 aliphatic heterocycles. The van der Waals surface area contributed by atoms with E-state index in [-0.39, 0.29) is 34.3 Å². The van der Waals surface area contributed by atoms with Gasteiger partial charge in [-0.3, -0.25) is 0 Å². The Morgan fingerprint density at radius 1 is 0.842 bits per heavy atom. The lowest BCUT2D eigenvalue weighted by Crippen LogP contribution is -3.00. The van der Waals surface area contributed by atoms with Gasteiger partial charge < -0.3 is 24.0 Å². The first-order chi connectivity index (χ1) is 8.08. The maximum Gasteiger partial charge on any atom is 0.0997 e. The van der Waals surface area contributed by atoms with Crippen molar-refractivity contribution in [1.82, 2.24) is 0 Å². The lowest BCUT2D eigenvalue weighted by Gasteiger charge is -2.39. The van der Waals surface area contributed by atoms with Crippen molar-refractivity contribution in [2.24, 2.45) is 0 Å². The molecule has 1 aromatic carbocycles. The Kier molecular flexibility index (Phi) is 6.57. The molecule has 0 aromatic heterocycles. The van der Waals surface area contributed by atoms with Gasteiger partial charge in [0, 0.05) is 5.56 Å². The van der Waals surface area contributed by atoms with Gasteiger partial charge in [0.15, 0.2) is 0 Å². The number of halogens is 1. The third kappa shape index (κ3) is 4.47. The Hall–Kier alpha value is -0.0600. The van der Waals surface area contributed by atoms with Gasteiger partial charge >= 0.3 is 0 Å². The molecule has 106 valence electrons. The fourth-order valence-electron chi connectivity index (χ4n) is 2.04. The maximum atomic E-state index is 3.65. The maximum absolute atomic E-state index is 3.65. The highest BCUT2D eigenvalue weighted by Crippen LogP contribution is 2.73. The van der Waals surface area contributed by atoms with Gasteiger partial charge in [0.1, 0.15) is 0 Å². The lowest BCUT2D eigenvalue weighted by molar-refractivity contribution is -0.00000446. The van der Waals surface area contributed by atoms with Crippen molar-refractivity contribution in [2.75, 3.05) is 6.66 Å². The number of rotatable bonds is 0. The highest BCUT2D eigenvalue weighted by molar-refractivity contribution is 7.82. The van der Waals surface area contributed by atoms with Crippen LogP contribution in [0.2, 0.25) is 0 Å². The molecule has 1 aromatic rings. The van der Waals surface area contributed by atoms with Crippen molar-refractivity contribution in [3.8, 4) is 11.6 Å². The Balaban J connectivity index is 0.00000324. The van der Waals surface area contributed by atoms with E-state index in [0.717, 1.165) is 5.56 Å². The Morgan fingerprint density at radius 2 is 1.26 bits per heavy atom. The van der Waals surface area contributed by atoms with Crippen molar-refractivity contribution < 1.29 is 24.0 Å². The Bertz CT molecular complexity index is 438. The number of benzene rings is 1. The molecule has 0 bridgehead atoms. The normalized spacial score (nSPS) is 12.2. The molecule has 0 N–H and O–H groups in total. The van der Waals surface area contributed by atoms with Gasteiger partial charge in [-0.2, -0.15) is 0 Å². The van der Waals surface area contributed by atoms with Gasteiger partial charge in [-0.25, -0.2) is 0 Å². The third-order valence-electron chi connectivity index (χ3n) is 3.88. The van der Waals surface area contributed by atoms with Crippen LogP contribution in [0.5, 0.6) is 0 Å². The van der Waals surface area contributed by atoms with E-state index in [1.54, 1.807) is 0 Å². The summed E-state index contributed by atoms with van der Waals surface area (Å²) in [6.45, 7) is 16.3. The first-order valence-corrected chi connectivity index (χ1v) is 8.76. The molecule has 0 unspecified atom stereocenters. The SMILES string of the molecule is CC(C)(C)[P+](C)(C#Cc1ccccc1)C(C)(C)C.[I-]. The van der Waals surface area contributed by atoms with E-state index >= 15 is 0 Å². The van der Waals surface area contributed by atoms with Gasteiger partial charge in [0.05, 0.1) is 29.9 Å². The molecular weight excluding hydrogens is 362 g/mol. The molecule has 0 saturated carbocycles. The van der Waals surface area contributed by atoms with Crippen molar-refractivity contribution in [3.05, 3.63) is 35.9 Å². The minimum Gasteiger partial charge on any atom is -1.00 e. The van der Waals surface area contributed by atoms with Crippen molar-refractivity contribution in [1.29, 1.82) is 0 Å². The molecule has 19 heavy (non-hydrogen) atoms. The Labute approximate surface area is 137 Å². The molecule has 0 aliphatic rings. The van der Waals surface area contributed by atoms with Gasteiger partial charge in [0.25, 0.3) is 0 Å². The van der Waals surface area contributed by atoms with E-state index in [1.807, 2.05) is 18.2 Å². The van der Waals surface area contributed by atoms with Crippen LogP contribution in [-0.4, -0.2) is 17.0 Å². The molecule has 2 heteroatoms. The van der Waals surface area contributed by atoms with E-state index in [2.05, 4.69) is 71.9 Å². The van der Waals surface area contributed by atoms with Crippen molar-refractivity contribution >= 4 is 7.26 Å². The first-order valence-electron chi connectivity index (χ1n) is 6.53. The van der Waals surface area contributed by atoms with E-state index in [0.29, 0.717) is 0 Å². The predicted molar refractivity (Wildman–Crippen MR) is 85.7 cm³/mol. The number of hydrogen-bond acceptors (Lipinski definition) is 0. The highest BCUT2D eigenvalue weighted by Gasteiger charge is 2.53. The Morgan fingerprint density at radius 3 is 1.63 bits per heavy atom.